The lowest BCUT2D eigenvalue weighted by Gasteiger charge is -2.26. The van der Waals surface area contributed by atoms with Gasteiger partial charge in [0.05, 0.1) is 13.2 Å². The van der Waals surface area contributed by atoms with Gasteiger partial charge in [-0.2, -0.15) is 0 Å². The number of hydrogen-bond donors (Lipinski definition) is 1. The first-order chi connectivity index (χ1) is 8.20. The van der Waals surface area contributed by atoms with Gasteiger partial charge in [0.15, 0.2) is 0 Å². The van der Waals surface area contributed by atoms with Gasteiger partial charge in [-0.05, 0) is 18.8 Å². The van der Waals surface area contributed by atoms with Gasteiger partial charge in [0.2, 0.25) is 0 Å². The standard InChI is InChI=1S/C11H18N2O4/c1-16-10(14)7-13-6-9(12-11(13)15)8-2-4-17-5-3-8/h8-9H,2-7H2,1H3,(H,12,15). The van der Waals surface area contributed by atoms with Crippen LogP contribution in [-0.4, -0.2) is 56.4 Å². The molecule has 6 nitrogen and oxygen atoms in total. The summed E-state index contributed by atoms with van der Waals surface area (Å²) in [5.74, 6) is 0.0723. The van der Waals surface area contributed by atoms with Crippen LogP contribution in [0, 0.1) is 5.92 Å². The number of methoxy groups -OCH3 is 1. The van der Waals surface area contributed by atoms with E-state index >= 15 is 0 Å². The van der Waals surface area contributed by atoms with E-state index in [0.717, 1.165) is 26.1 Å². The Kier molecular flexibility index (Phi) is 3.83. The molecule has 2 aliphatic heterocycles. The van der Waals surface area contributed by atoms with Crippen LogP contribution in [0.5, 0.6) is 0 Å². The van der Waals surface area contributed by atoms with Gasteiger partial charge in [-0.25, -0.2) is 4.79 Å². The zero-order valence-corrected chi connectivity index (χ0v) is 9.98. The third kappa shape index (κ3) is 2.88. The van der Waals surface area contributed by atoms with Crippen molar-refractivity contribution in [1.29, 1.82) is 0 Å². The molecule has 0 saturated carbocycles. The average Bonchev–Trinajstić information content (AvgIpc) is 2.72. The number of urea groups is 1. The van der Waals surface area contributed by atoms with Gasteiger partial charge >= 0.3 is 12.0 Å². The van der Waals surface area contributed by atoms with Crippen LogP contribution < -0.4 is 5.32 Å². The Balaban J connectivity index is 1.87. The van der Waals surface area contributed by atoms with Gasteiger partial charge in [-0.15, -0.1) is 0 Å². The quantitative estimate of drug-likeness (QED) is 0.706. The maximum atomic E-state index is 11.7. The zero-order valence-electron chi connectivity index (χ0n) is 9.98. The van der Waals surface area contributed by atoms with Crippen molar-refractivity contribution in [3.8, 4) is 0 Å². The molecule has 1 N–H and O–H groups in total. The lowest BCUT2D eigenvalue weighted by molar-refractivity contribution is -0.141. The van der Waals surface area contributed by atoms with Crippen LogP contribution in [0.3, 0.4) is 0 Å². The van der Waals surface area contributed by atoms with Crippen molar-refractivity contribution in [2.45, 2.75) is 18.9 Å². The Labute approximate surface area is 100 Å². The molecule has 0 bridgehead atoms. The van der Waals surface area contributed by atoms with E-state index in [9.17, 15) is 9.59 Å². The molecule has 0 aliphatic carbocycles. The minimum Gasteiger partial charge on any atom is -0.468 e. The highest BCUT2D eigenvalue weighted by molar-refractivity contribution is 5.82. The first-order valence-electron chi connectivity index (χ1n) is 5.90. The van der Waals surface area contributed by atoms with Gasteiger partial charge in [0.25, 0.3) is 0 Å². The third-order valence-electron chi connectivity index (χ3n) is 3.40. The summed E-state index contributed by atoms with van der Waals surface area (Å²) in [7, 11) is 1.33. The van der Waals surface area contributed by atoms with Crippen molar-refractivity contribution in [3.63, 3.8) is 0 Å². The first-order valence-corrected chi connectivity index (χ1v) is 5.90. The summed E-state index contributed by atoms with van der Waals surface area (Å²) in [6, 6.07) is -0.0389. The van der Waals surface area contributed by atoms with Crippen LogP contribution in [0.4, 0.5) is 4.79 Å². The molecule has 1 unspecified atom stereocenters. The van der Waals surface area contributed by atoms with Crippen molar-refractivity contribution in [3.05, 3.63) is 0 Å². The number of carbonyl (C=O) groups excluding carboxylic acids is 2. The smallest absolute Gasteiger partial charge is 0.325 e. The van der Waals surface area contributed by atoms with Gasteiger partial charge in [-0.3, -0.25) is 4.79 Å². The van der Waals surface area contributed by atoms with Crippen LogP contribution in [0.25, 0.3) is 0 Å². The largest absolute Gasteiger partial charge is 0.468 e. The molecule has 2 aliphatic rings. The molecule has 2 rings (SSSR count). The predicted octanol–water partition coefficient (Wildman–Crippen LogP) is -0.0202. The number of ether oxygens (including phenoxy) is 2. The van der Waals surface area contributed by atoms with E-state index in [0.29, 0.717) is 12.5 Å². The minimum atomic E-state index is -0.382. The number of amides is 2. The van der Waals surface area contributed by atoms with E-state index in [1.54, 1.807) is 0 Å². The second-order valence-electron chi connectivity index (χ2n) is 4.46. The maximum absolute atomic E-state index is 11.7. The molecule has 17 heavy (non-hydrogen) atoms. The van der Waals surface area contributed by atoms with Crippen molar-refractivity contribution >= 4 is 12.0 Å². The number of hydrogen-bond acceptors (Lipinski definition) is 4. The van der Waals surface area contributed by atoms with Crippen LogP contribution >= 0.6 is 0 Å². The van der Waals surface area contributed by atoms with E-state index in [-0.39, 0.29) is 24.6 Å². The van der Waals surface area contributed by atoms with Crippen LogP contribution in [0.1, 0.15) is 12.8 Å². The highest BCUT2D eigenvalue weighted by Crippen LogP contribution is 2.22. The SMILES string of the molecule is COC(=O)CN1CC(C2CCOCC2)NC1=O. The van der Waals surface area contributed by atoms with Gasteiger partial charge < -0.3 is 19.7 Å². The number of rotatable bonds is 3. The lowest BCUT2D eigenvalue weighted by atomic mass is 9.92. The number of esters is 1. The molecule has 2 fully saturated rings. The summed E-state index contributed by atoms with van der Waals surface area (Å²) in [6.45, 7) is 2.13. The number of nitrogens with one attached hydrogen (secondary N) is 1. The molecule has 0 spiro atoms. The van der Waals surface area contributed by atoms with Crippen molar-refractivity contribution in [1.82, 2.24) is 10.2 Å². The normalized spacial score (nSPS) is 25.8. The second kappa shape index (κ2) is 5.35. The van der Waals surface area contributed by atoms with Gasteiger partial charge in [0.1, 0.15) is 6.54 Å². The molecular formula is C11H18N2O4. The topological polar surface area (TPSA) is 67.9 Å². The monoisotopic (exact) mass is 242 g/mol. The summed E-state index contributed by atoms with van der Waals surface area (Å²) in [4.78, 5) is 24.3. The van der Waals surface area contributed by atoms with Crippen LogP contribution in [-0.2, 0) is 14.3 Å². The highest BCUT2D eigenvalue weighted by atomic mass is 16.5. The summed E-state index contributed by atoms with van der Waals surface area (Å²) in [6.07, 6.45) is 1.94. The fraction of sp³-hybridized carbons (Fsp3) is 0.818. The molecule has 1 atom stereocenters. The summed E-state index contributed by atoms with van der Waals surface area (Å²) >= 11 is 0. The van der Waals surface area contributed by atoms with E-state index in [1.165, 1.54) is 12.0 Å². The Morgan fingerprint density at radius 3 is 2.88 bits per heavy atom. The fourth-order valence-electron chi connectivity index (χ4n) is 2.36. The maximum Gasteiger partial charge on any atom is 0.325 e. The average molecular weight is 242 g/mol. The Hall–Kier alpha value is -1.30. The third-order valence-corrected chi connectivity index (χ3v) is 3.40. The Morgan fingerprint density at radius 1 is 1.53 bits per heavy atom. The van der Waals surface area contributed by atoms with Gasteiger partial charge in [-0.1, -0.05) is 0 Å². The summed E-state index contributed by atoms with van der Waals surface area (Å²) < 4.78 is 9.86. The van der Waals surface area contributed by atoms with E-state index < -0.39 is 0 Å². The Bertz CT molecular complexity index is 302. The van der Waals surface area contributed by atoms with E-state index in [2.05, 4.69) is 10.1 Å². The van der Waals surface area contributed by atoms with E-state index in [4.69, 9.17) is 4.74 Å². The van der Waals surface area contributed by atoms with Crippen molar-refractivity contribution in [2.75, 3.05) is 33.4 Å². The molecule has 6 heteroatoms. The molecular weight excluding hydrogens is 224 g/mol. The summed E-state index contributed by atoms with van der Waals surface area (Å²) in [5.41, 5.74) is 0. The number of nitrogens with zero attached hydrogens (tertiary/aromatic N) is 1. The molecule has 96 valence electrons. The fourth-order valence-corrected chi connectivity index (χ4v) is 2.36. The van der Waals surface area contributed by atoms with Crippen molar-refractivity contribution in [2.24, 2.45) is 5.92 Å². The first kappa shape index (κ1) is 12.2. The minimum absolute atomic E-state index is 0.0298. The van der Waals surface area contributed by atoms with Crippen LogP contribution in [0.2, 0.25) is 0 Å². The molecule has 2 heterocycles. The molecule has 2 amide bonds. The predicted molar refractivity (Wildman–Crippen MR) is 59.5 cm³/mol. The van der Waals surface area contributed by atoms with E-state index in [1.807, 2.05) is 0 Å². The molecule has 0 aromatic heterocycles. The van der Waals surface area contributed by atoms with Crippen molar-refractivity contribution < 1.29 is 19.1 Å². The van der Waals surface area contributed by atoms with Crippen LogP contribution in [0.15, 0.2) is 0 Å². The molecule has 0 aromatic carbocycles. The lowest BCUT2D eigenvalue weighted by Crippen LogP contribution is -2.37. The molecule has 0 aromatic rings. The summed E-state index contributed by atoms with van der Waals surface area (Å²) in [5, 5.41) is 2.93. The molecule has 2 saturated heterocycles. The highest BCUT2D eigenvalue weighted by Gasteiger charge is 2.35. The zero-order chi connectivity index (χ0) is 12.3. The molecule has 0 radical (unpaired) electrons. The second-order valence-corrected chi connectivity index (χ2v) is 4.46. The Morgan fingerprint density at radius 2 is 2.24 bits per heavy atom. The number of carbonyl (C=O) groups is 2. The van der Waals surface area contributed by atoms with Gasteiger partial charge in [0, 0.05) is 19.8 Å².